The fourth-order valence-corrected chi connectivity index (χ4v) is 1.66. The van der Waals surface area contributed by atoms with Gasteiger partial charge in [-0.2, -0.15) is 13.2 Å². The van der Waals surface area contributed by atoms with E-state index in [1.165, 1.54) is 0 Å². The van der Waals surface area contributed by atoms with Gasteiger partial charge in [-0.25, -0.2) is 9.18 Å². The van der Waals surface area contributed by atoms with E-state index in [9.17, 15) is 22.4 Å². The maximum Gasteiger partial charge on any atom is 0.506 e. The van der Waals surface area contributed by atoms with E-state index in [1.807, 2.05) is 0 Å². The standard InChI is InChI=1S/C8H5F4NO.C5H8O4/c9-7-2-1-5(4-13-14)3-6(7)8(10,11)12;6-5(7)9-4-1-2-8-3-4/h1-4,14H;4H,1-3H2,(H,6,7)/t;4-/m.0/s1. The van der Waals surface area contributed by atoms with Gasteiger partial charge < -0.3 is 19.8 Å². The topological polar surface area (TPSA) is 88.4 Å². The molecule has 1 aliphatic rings. The second-order valence-corrected chi connectivity index (χ2v) is 4.35. The third kappa shape index (κ3) is 6.51. The number of hydrogen-bond acceptors (Lipinski definition) is 5. The second kappa shape index (κ2) is 8.32. The van der Waals surface area contributed by atoms with Crippen molar-refractivity contribution in [3.63, 3.8) is 0 Å². The summed E-state index contributed by atoms with van der Waals surface area (Å²) in [6, 6.07) is 2.30. The largest absolute Gasteiger partial charge is 0.506 e. The molecule has 0 aromatic heterocycles. The molecule has 1 saturated heterocycles. The van der Waals surface area contributed by atoms with Crippen LogP contribution >= 0.6 is 0 Å². The van der Waals surface area contributed by atoms with Gasteiger partial charge in [0.2, 0.25) is 0 Å². The lowest BCUT2D eigenvalue weighted by Gasteiger charge is -2.07. The molecular weight excluding hydrogens is 326 g/mol. The number of carboxylic acid groups (broad SMARTS) is 1. The lowest BCUT2D eigenvalue weighted by atomic mass is 10.1. The zero-order valence-electron chi connectivity index (χ0n) is 11.6. The van der Waals surface area contributed by atoms with Crippen LogP contribution in [-0.2, 0) is 15.7 Å². The van der Waals surface area contributed by atoms with Crippen molar-refractivity contribution in [3.8, 4) is 0 Å². The molecule has 10 heteroatoms. The molecule has 0 radical (unpaired) electrons. The fraction of sp³-hybridized carbons (Fsp3) is 0.385. The Morgan fingerprint density at radius 3 is 2.61 bits per heavy atom. The average Bonchev–Trinajstić information content (AvgIpc) is 2.93. The van der Waals surface area contributed by atoms with Crippen LogP contribution in [0, 0.1) is 5.82 Å². The summed E-state index contributed by atoms with van der Waals surface area (Å²) in [7, 11) is 0. The van der Waals surface area contributed by atoms with Gasteiger partial charge in [-0.1, -0.05) is 11.2 Å². The van der Waals surface area contributed by atoms with Crippen LogP contribution in [0.4, 0.5) is 22.4 Å². The highest BCUT2D eigenvalue weighted by molar-refractivity contribution is 5.79. The van der Waals surface area contributed by atoms with E-state index in [0.29, 0.717) is 31.8 Å². The first-order chi connectivity index (χ1) is 10.7. The summed E-state index contributed by atoms with van der Waals surface area (Å²) in [6.45, 7) is 1.02. The number of carbonyl (C=O) groups is 1. The Hall–Kier alpha value is -2.36. The number of rotatable bonds is 2. The van der Waals surface area contributed by atoms with Crippen molar-refractivity contribution in [1.82, 2.24) is 0 Å². The van der Waals surface area contributed by atoms with Crippen molar-refractivity contribution in [1.29, 1.82) is 0 Å². The van der Waals surface area contributed by atoms with Gasteiger partial charge in [-0.05, 0) is 17.7 Å². The Labute approximate surface area is 127 Å². The lowest BCUT2D eigenvalue weighted by Crippen LogP contribution is -2.15. The third-order valence-corrected chi connectivity index (χ3v) is 2.66. The van der Waals surface area contributed by atoms with Crippen molar-refractivity contribution in [3.05, 3.63) is 35.1 Å². The minimum atomic E-state index is -4.75. The maximum absolute atomic E-state index is 12.7. The summed E-state index contributed by atoms with van der Waals surface area (Å²) < 4.78 is 58.3. The van der Waals surface area contributed by atoms with Gasteiger partial charge in [0.15, 0.2) is 0 Å². The van der Waals surface area contributed by atoms with Crippen LogP contribution in [0.5, 0.6) is 0 Å². The molecule has 1 aromatic rings. The van der Waals surface area contributed by atoms with E-state index in [1.54, 1.807) is 0 Å². The average molecular weight is 339 g/mol. The molecule has 0 bridgehead atoms. The summed E-state index contributed by atoms with van der Waals surface area (Å²) >= 11 is 0. The van der Waals surface area contributed by atoms with E-state index in [-0.39, 0.29) is 11.7 Å². The zero-order chi connectivity index (χ0) is 17.5. The maximum atomic E-state index is 12.7. The molecule has 1 heterocycles. The molecule has 6 nitrogen and oxygen atoms in total. The Morgan fingerprint density at radius 2 is 2.13 bits per heavy atom. The van der Waals surface area contributed by atoms with Crippen LogP contribution in [0.25, 0.3) is 0 Å². The normalized spacial score (nSPS) is 17.7. The molecule has 1 atom stereocenters. The molecule has 1 fully saturated rings. The molecule has 0 spiro atoms. The fourth-order valence-electron chi connectivity index (χ4n) is 1.66. The van der Waals surface area contributed by atoms with Gasteiger partial charge >= 0.3 is 12.3 Å². The molecule has 0 unspecified atom stereocenters. The number of alkyl halides is 3. The van der Waals surface area contributed by atoms with Crippen LogP contribution in [0.15, 0.2) is 23.4 Å². The first-order valence-electron chi connectivity index (χ1n) is 6.25. The second-order valence-electron chi connectivity index (χ2n) is 4.35. The van der Waals surface area contributed by atoms with Crippen LogP contribution in [0.1, 0.15) is 17.5 Å². The van der Waals surface area contributed by atoms with Crippen LogP contribution in [0.3, 0.4) is 0 Å². The number of benzene rings is 1. The molecule has 2 rings (SSSR count). The molecule has 1 aliphatic heterocycles. The molecule has 0 saturated carbocycles. The van der Waals surface area contributed by atoms with E-state index >= 15 is 0 Å². The summed E-state index contributed by atoms with van der Waals surface area (Å²) in [5.41, 5.74) is -1.41. The summed E-state index contributed by atoms with van der Waals surface area (Å²) in [6.07, 6.45) is -4.72. The molecular formula is C13H13F4NO5. The highest BCUT2D eigenvalue weighted by atomic mass is 19.4. The van der Waals surface area contributed by atoms with Gasteiger partial charge in [0.25, 0.3) is 0 Å². The van der Waals surface area contributed by atoms with E-state index in [4.69, 9.17) is 15.1 Å². The van der Waals surface area contributed by atoms with Crippen molar-refractivity contribution in [2.45, 2.75) is 18.7 Å². The Morgan fingerprint density at radius 1 is 1.43 bits per heavy atom. The lowest BCUT2D eigenvalue weighted by molar-refractivity contribution is -0.140. The van der Waals surface area contributed by atoms with Crippen molar-refractivity contribution < 1.29 is 42.1 Å². The molecule has 128 valence electrons. The predicted octanol–water partition coefficient (Wildman–Crippen LogP) is 3.12. The summed E-state index contributed by atoms with van der Waals surface area (Å²) in [4.78, 5) is 9.88. The van der Waals surface area contributed by atoms with Crippen molar-refractivity contribution in [2.24, 2.45) is 5.16 Å². The molecule has 0 aliphatic carbocycles. The molecule has 23 heavy (non-hydrogen) atoms. The minimum absolute atomic E-state index is 0.0266. The molecule has 1 aromatic carbocycles. The molecule has 2 N–H and O–H groups in total. The number of halogens is 4. The molecule has 0 amide bonds. The van der Waals surface area contributed by atoms with Gasteiger partial charge in [-0.15, -0.1) is 0 Å². The Balaban J connectivity index is 0.000000253. The third-order valence-electron chi connectivity index (χ3n) is 2.66. The highest BCUT2D eigenvalue weighted by Crippen LogP contribution is 2.31. The zero-order valence-corrected chi connectivity index (χ0v) is 11.6. The number of nitrogens with zero attached hydrogens (tertiary/aromatic N) is 1. The van der Waals surface area contributed by atoms with Gasteiger partial charge in [0.1, 0.15) is 11.9 Å². The van der Waals surface area contributed by atoms with Crippen LogP contribution < -0.4 is 0 Å². The number of ether oxygens (including phenoxy) is 2. The summed E-state index contributed by atoms with van der Waals surface area (Å²) in [5, 5.41) is 18.7. The van der Waals surface area contributed by atoms with Crippen LogP contribution in [-0.4, -0.2) is 42.0 Å². The monoisotopic (exact) mass is 339 g/mol. The van der Waals surface area contributed by atoms with E-state index < -0.39 is 23.7 Å². The number of hydrogen-bond donors (Lipinski definition) is 2. The summed E-state index contributed by atoms with van der Waals surface area (Å²) in [5.74, 6) is -1.35. The highest BCUT2D eigenvalue weighted by Gasteiger charge is 2.34. The van der Waals surface area contributed by atoms with Crippen molar-refractivity contribution >= 4 is 12.4 Å². The first kappa shape index (κ1) is 18.7. The van der Waals surface area contributed by atoms with Gasteiger partial charge in [0.05, 0.1) is 25.0 Å². The first-order valence-corrected chi connectivity index (χ1v) is 6.25. The predicted molar refractivity (Wildman–Crippen MR) is 69.1 cm³/mol. The SMILES string of the molecule is O=C(O)O[C@H]1CCOC1.ON=Cc1ccc(F)c(C(F)(F)F)c1. The number of oxime groups is 1. The Kier molecular flexibility index (Phi) is 6.76. The minimum Gasteiger partial charge on any atom is -0.450 e. The van der Waals surface area contributed by atoms with Gasteiger partial charge in [-0.3, -0.25) is 0 Å². The van der Waals surface area contributed by atoms with E-state index in [0.717, 1.165) is 12.3 Å². The van der Waals surface area contributed by atoms with Gasteiger partial charge in [0, 0.05) is 6.42 Å². The quantitative estimate of drug-likeness (QED) is 0.284. The van der Waals surface area contributed by atoms with E-state index in [2.05, 4.69) is 9.89 Å². The van der Waals surface area contributed by atoms with Crippen LogP contribution in [0.2, 0.25) is 0 Å². The Bertz CT molecular complexity index is 556. The smallest absolute Gasteiger partial charge is 0.450 e. The van der Waals surface area contributed by atoms with Crippen molar-refractivity contribution in [2.75, 3.05) is 13.2 Å².